The second kappa shape index (κ2) is 13.8. The summed E-state index contributed by atoms with van der Waals surface area (Å²) in [5.74, 6) is 0.928. The Bertz CT molecular complexity index is 722. The number of nitrogens with zero attached hydrogens (tertiary/aromatic N) is 5. The van der Waals surface area contributed by atoms with Crippen LogP contribution < -0.4 is 10.6 Å². The van der Waals surface area contributed by atoms with Gasteiger partial charge in [0.15, 0.2) is 5.96 Å². The average Bonchev–Trinajstić information content (AvgIpc) is 3.32. The van der Waals surface area contributed by atoms with Gasteiger partial charge in [0.25, 0.3) is 0 Å². The third-order valence-electron chi connectivity index (χ3n) is 5.63. The smallest absolute Gasteiger partial charge is 0.191 e. The minimum atomic E-state index is 0.808. The number of benzene rings is 1. The molecule has 7 heteroatoms. The molecule has 2 aromatic rings. The standard InChI is InChI=1S/C24H39N7/c1-2-25-24(27-13-8-16-31-17-9-14-28-31)26-12-6-7-15-29-18-20-30(21-19-29)22-23-10-4-3-5-11-23/h3-5,9-11,14,17H,2,6-8,12-13,15-16,18-22H2,1H3,(H2,25,26,27). The molecule has 0 saturated carbocycles. The molecule has 1 aliphatic heterocycles. The molecule has 0 bridgehead atoms. The Morgan fingerprint density at radius 2 is 1.74 bits per heavy atom. The highest BCUT2D eigenvalue weighted by Gasteiger charge is 2.16. The van der Waals surface area contributed by atoms with Crippen LogP contribution in [0.1, 0.15) is 31.7 Å². The number of hydrogen-bond donors (Lipinski definition) is 2. The van der Waals surface area contributed by atoms with E-state index in [1.807, 2.05) is 23.1 Å². The van der Waals surface area contributed by atoms with Crippen molar-refractivity contribution in [1.29, 1.82) is 0 Å². The first-order valence-corrected chi connectivity index (χ1v) is 11.8. The maximum Gasteiger partial charge on any atom is 0.191 e. The van der Waals surface area contributed by atoms with E-state index in [-0.39, 0.29) is 0 Å². The van der Waals surface area contributed by atoms with Crippen LogP contribution in [0.25, 0.3) is 0 Å². The van der Waals surface area contributed by atoms with Crippen molar-refractivity contribution in [2.45, 2.75) is 39.3 Å². The molecule has 0 amide bonds. The summed E-state index contributed by atoms with van der Waals surface area (Å²) in [6, 6.07) is 12.8. The largest absolute Gasteiger partial charge is 0.357 e. The van der Waals surface area contributed by atoms with Gasteiger partial charge in [-0.25, -0.2) is 0 Å². The molecule has 1 aromatic carbocycles. The van der Waals surface area contributed by atoms with Crippen molar-refractivity contribution in [3.63, 3.8) is 0 Å². The van der Waals surface area contributed by atoms with E-state index in [4.69, 9.17) is 0 Å². The number of nitrogens with one attached hydrogen (secondary N) is 2. The Morgan fingerprint density at radius 3 is 2.48 bits per heavy atom. The van der Waals surface area contributed by atoms with E-state index < -0.39 is 0 Å². The molecular weight excluding hydrogens is 386 g/mol. The Labute approximate surface area is 187 Å². The van der Waals surface area contributed by atoms with Gasteiger partial charge in [-0.05, 0) is 44.4 Å². The molecule has 31 heavy (non-hydrogen) atoms. The zero-order valence-corrected chi connectivity index (χ0v) is 19.0. The van der Waals surface area contributed by atoms with E-state index >= 15 is 0 Å². The van der Waals surface area contributed by atoms with Gasteiger partial charge in [-0.3, -0.25) is 14.6 Å². The number of unbranched alkanes of at least 4 members (excludes halogenated alkanes) is 1. The Hall–Kier alpha value is -2.38. The molecule has 170 valence electrons. The molecule has 1 aliphatic rings. The third-order valence-corrected chi connectivity index (χ3v) is 5.63. The van der Waals surface area contributed by atoms with E-state index in [0.29, 0.717) is 0 Å². The predicted octanol–water partition coefficient (Wildman–Crippen LogP) is 2.43. The highest BCUT2D eigenvalue weighted by molar-refractivity contribution is 5.79. The average molecular weight is 426 g/mol. The number of rotatable bonds is 12. The lowest BCUT2D eigenvalue weighted by Gasteiger charge is -2.34. The van der Waals surface area contributed by atoms with Gasteiger partial charge in [-0.15, -0.1) is 0 Å². The lowest BCUT2D eigenvalue weighted by atomic mass is 10.2. The number of hydrogen-bond acceptors (Lipinski definition) is 4. The summed E-state index contributed by atoms with van der Waals surface area (Å²) in [6.45, 7) is 12.7. The second-order valence-electron chi connectivity index (χ2n) is 8.12. The first-order chi connectivity index (χ1) is 15.3. The van der Waals surface area contributed by atoms with Crippen molar-refractivity contribution in [2.24, 2.45) is 4.99 Å². The first-order valence-electron chi connectivity index (χ1n) is 11.8. The van der Waals surface area contributed by atoms with Crippen LogP contribution in [0.4, 0.5) is 0 Å². The van der Waals surface area contributed by atoms with Crippen LogP contribution in [-0.4, -0.2) is 77.9 Å². The monoisotopic (exact) mass is 425 g/mol. The summed E-state index contributed by atoms with van der Waals surface area (Å²) in [4.78, 5) is 9.86. The van der Waals surface area contributed by atoms with Crippen molar-refractivity contribution >= 4 is 5.96 Å². The van der Waals surface area contributed by atoms with Crippen LogP contribution in [0.2, 0.25) is 0 Å². The van der Waals surface area contributed by atoms with Gasteiger partial charge in [0.05, 0.1) is 0 Å². The molecule has 2 heterocycles. The van der Waals surface area contributed by atoms with Gasteiger partial charge in [-0.1, -0.05) is 30.3 Å². The summed E-state index contributed by atoms with van der Waals surface area (Å²) >= 11 is 0. The quantitative estimate of drug-likeness (QED) is 0.311. The fourth-order valence-corrected chi connectivity index (χ4v) is 3.88. The molecule has 1 fully saturated rings. The predicted molar refractivity (Wildman–Crippen MR) is 128 cm³/mol. The molecule has 3 rings (SSSR count). The number of aliphatic imine (C=N–C) groups is 1. The number of aromatic nitrogens is 2. The topological polar surface area (TPSA) is 60.7 Å². The van der Waals surface area contributed by atoms with Gasteiger partial charge in [-0.2, -0.15) is 5.10 Å². The van der Waals surface area contributed by atoms with Crippen LogP contribution in [0.3, 0.4) is 0 Å². The summed E-state index contributed by atoms with van der Waals surface area (Å²) in [7, 11) is 0. The van der Waals surface area contributed by atoms with Crippen molar-refractivity contribution in [3.05, 3.63) is 54.4 Å². The van der Waals surface area contributed by atoms with Crippen LogP contribution in [0.5, 0.6) is 0 Å². The second-order valence-corrected chi connectivity index (χ2v) is 8.12. The lowest BCUT2D eigenvalue weighted by Crippen LogP contribution is -2.46. The molecule has 0 unspecified atom stereocenters. The van der Waals surface area contributed by atoms with E-state index in [2.05, 4.69) is 67.8 Å². The molecule has 7 nitrogen and oxygen atoms in total. The van der Waals surface area contributed by atoms with E-state index in [9.17, 15) is 0 Å². The molecule has 0 spiro atoms. The summed E-state index contributed by atoms with van der Waals surface area (Å²) in [6.07, 6.45) is 7.21. The van der Waals surface area contributed by atoms with Crippen LogP contribution in [0, 0.1) is 0 Å². The van der Waals surface area contributed by atoms with Crippen LogP contribution in [-0.2, 0) is 13.1 Å². The van der Waals surface area contributed by atoms with E-state index in [0.717, 1.165) is 45.1 Å². The molecule has 2 N–H and O–H groups in total. The Morgan fingerprint density at radius 1 is 0.935 bits per heavy atom. The normalized spacial score (nSPS) is 15.8. The van der Waals surface area contributed by atoms with E-state index in [1.54, 1.807) is 0 Å². The van der Waals surface area contributed by atoms with Crippen molar-refractivity contribution in [3.8, 4) is 0 Å². The summed E-state index contributed by atoms with van der Waals surface area (Å²) < 4.78 is 1.96. The molecule has 0 aliphatic carbocycles. The number of guanidine groups is 1. The number of piperazine rings is 1. The molecular formula is C24H39N7. The van der Waals surface area contributed by atoms with Gasteiger partial charge in [0, 0.05) is 71.3 Å². The van der Waals surface area contributed by atoms with Crippen molar-refractivity contribution < 1.29 is 0 Å². The zero-order chi connectivity index (χ0) is 21.6. The SMILES string of the molecule is CCNC(=NCCCn1cccn1)NCCCCN1CCN(Cc2ccccc2)CC1. The number of aryl methyl sites for hydroxylation is 1. The third kappa shape index (κ3) is 9.11. The first kappa shape index (κ1) is 23.3. The molecule has 0 atom stereocenters. The van der Waals surface area contributed by atoms with Crippen molar-refractivity contribution in [1.82, 2.24) is 30.2 Å². The van der Waals surface area contributed by atoms with Crippen molar-refractivity contribution in [2.75, 3.05) is 52.4 Å². The fraction of sp³-hybridized carbons (Fsp3) is 0.583. The maximum absolute atomic E-state index is 4.68. The van der Waals surface area contributed by atoms with Gasteiger partial charge in [0.2, 0.25) is 0 Å². The molecule has 1 saturated heterocycles. The summed E-state index contributed by atoms with van der Waals surface area (Å²) in [5.41, 5.74) is 1.42. The minimum absolute atomic E-state index is 0.808. The maximum atomic E-state index is 4.68. The molecule has 0 radical (unpaired) electrons. The minimum Gasteiger partial charge on any atom is -0.357 e. The zero-order valence-electron chi connectivity index (χ0n) is 19.0. The van der Waals surface area contributed by atoms with Gasteiger partial charge in [0.1, 0.15) is 0 Å². The highest BCUT2D eigenvalue weighted by atomic mass is 15.3. The van der Waals surface area contributed by atoms with Crippen LogP contribution in [0.15, 0.2) is 53.8 Å². The Kier molecular flexibility index (Phi) is 10.4. The fourth-order valence-electron chi connectivity index (χ4n) is 3.88. The Balaban J connectivity index is 1.23. The molecule has 1 aromatic heterocycles. The van der Waals surface area contributed by atoms with Crippen LogP contribution >= 0.6 is 0 Å². The lowest BCUT2D eigenvalue weighted by molar-refractivity contribution is 0.126. The van der Waals surface area contributed by atoms with Gasteiger partial charge >= 0.3 is 0 Å². The van der Waals surface area contributed by atoms with Gasteiger partial charge < -0.3 is 15.5 Å². The summed E-state index contributed by atoms with van der Waals surface area (Å²) in [5, 5.41) is 11.0. The van der Waals surface area contributed by atoms with E-state index in [1.165, 1.54) is 51.1 Å². The highest BCUT2D eigenvalue weighted by Crippen LogP contribution is 2.09.